The molecule has 1 fully saturated rings. The predicted molar refractivity (Wildman–Crippen MR) is 83.3 cm³/mol. The monoisotopic (exact) mass is 324 g/mol. The second kappa shape index (κ2) is 5.52. The molecule has 0 spiro atoms. The minimum Gasteiger partial charge on any atom is -0.271 e. The molecule has 2 amide bonds. The van der Waals surface area contributed by atoms with Crippen LogP contribution in [-0.4, -0.2) is 28.9 Å². The fourth-order valence-electron chi connectivity index (χ4n) is 2.96. The number of para-hydroxylation sites is 1. The molecule has 0 radical (unpaired) electrons. The molecule has 2 aromatic carbocycles. The van der Waals surface area contributed by atoms with Crippen LogP contribution in [0.15, 0.2) is 64.9 Å². The predicted octanol–water partition coefficient (Wildman–Crippen LogP) is 2.32. The van der Waals surface area contributed by atoms with Gasteiger partial charge in [0, 0.05) is 0 Å². The Bertz CT molecular complexity index is 822. The third-order valence-corrected chi connectivity index (χ3v) is 4.13. The van der Waals surface area contributed by atoms with E-state index in [-0.39, 0.29) is 24.2 Å². The summed E-state index contributed by atoms with van der Waals surface area (Å²) in [5.41, 5.74) is 1.31. The summed E-state index contributed by atoms with van der Waals surface area (Å²) in [5.74, 6) is -1.05. The maximum absolute atomic E-state index is 13.0. The highest BCUT2D eigenvalue weighted by atomic mass is 19.1. The molecule has 2 unspecified atom stereocenters. The molecule has 2 aliphatic heterocycles. The van der Waals surface area contributed by atoms with Crippen LogP contribution < -0.4 is 4.90 Å². The van der Waals surface area contributed by atoms with Gasteiger partial charge in [-0.3, -0.25) is 14.6 Å². The number of carbonyl (C=O) groups excluding carboxylic acids is 2. The van der Waals surface area contributed by atoms with E-state index in [9.17, 15) is 14.0 Å². The molecular formula is C17H13FN4O2. The topological polar surface area (TPSA) is 65.3 Å². The van der Waals surface area contributed by atoms with Gasteiger partial charge in [-0.25, -0.2) is 9.29 Å². The Morgan fingerprint density at radius 3 is 2.38 bits per heavy atom. The highest BCUT2D eigenvalue weighted by Crippen LogP contribution is 2.32. The molecule has 4 rings (SSSR count). The largest absolute Gasteiger partial charge is 0.271 e. The van der Waals surface area contributed by atoms with Crippen molar-refractivity contribution >= 4 is 17.5 Å². The number of nitrogens with zero attached hydrogens (tertiary/aromatic N) is 4. The molecule has 2 aliphatic rings. The lowest BCUT2D eigenvalue weighted by atomic mass is 10.1. The molecular weight excluding hydrogens is 311 g/mol. The second-order valence-corrected chi connectivity index (χ2v) is 5.67. The molecule has 120 valence electrons. The molecule has 0 N–H and O–H groups in total. The van der Waals surface area contributed by atoms with Crippen molar-refractivity contribution in [2.24, 2.45) is 10.3 Å². The molecule has 0 aliphatic carbocycles. The zero-order valence-corrected chi connectivity index (χ0v) is 12.5. The number of fused-ring (bicyclic) bond motifs is 1. The van der Waals surface area contributed by atoms with Crippen molar-refractivity contribution in [3.63, 3.8) is 0 Å². The third-order valence-electron chi connectivity index (χ3n) is 4.13. The van der Waals surface area contributed by atoms with Gasteiger partial charge in [0.2, 0.25) is 0 Å². The highest BCUT2D eigenvalue weighted by molar-refractivity contribution is 6.25. The minimum atomic E-state index is -0.821. The van der Waals surface area contributed by atoms with Crippen LogP contribution in [0.4, 0.5) is 10.1 Å². The van der Waals surface area contributed by atoms with Crippen molar-refractivity contribution in [3.8, 4) is 0 Å². The number of amides is 2. The number of hydrogen-bond donors (Lipinski definition) is 0. The lowest BCUT2D eigenvalue weighted by Gasteiger charge is -2.20. The van der Waals surface area contributed by atoms with Crippen LogP contribution in [0.1, 0.15) is 5.56 Å². The van der Waals surface area contributed by atoms with E-state index in [1.54, 1.807) is 36.4 Å². The molecule has 2 aromatic rings. The van der Waals surface area contributed by atoms with Gasteiger partial charge in [0.15, 0.2) is 12.1 Å². The van der Waals surface area contributed by atoms with Gasteiger partial charge in [-0.05, 0) is 29.8 Å². The van der Waals surface area contributed by atoms with Gasteiger partial charge >= 0.3 is 0 Å². The number of halogens is 1. The number of rotatable bonds is 3. The van der Waals surface area contributed by atoms with Gasteiger partial charge in [0.1, 0.15) is 5.82 Å². The third kappa shape index (κ3) is 2.25. The van der Waals surface area contributed by atoms with Crippen molar-refractivity contribution in [3.05, 3.63) is 66.0 Å². The van der Waals surface area contributed by atoms with Crippen LogP contribution in [0.3, 0.4) is 0 Å². The lowest BCUT2D eigenvalue weighted by molar-refractivity contribution is -0.123. The molecule has 2 heterocycles. The van der Waals surface area contributed by atoms with Crippen LogP contribution in [0.2, 0.25) is 0 Å². The van der Waals surface area contributed by atoms with Crippen molar-refractivity contribution in [2.75, 3.05) is 4.90 Å². The molecule has 6 nitrogen and oxygen atoms in total. The van der Waals surface area contributed by atoms with E-state index in [2.05, 4.69) is 10.3 Å². The minimum absolute atomic E-state index is 0.284. The van der Waals surface area contributed by atoms with Crippen molar-refractivity contribution in [2.45, 2.75) is 18.6 Å². The average molecular weight is 324 g/mol. The molecule has 24 heavy (non-hydrogen) atoms. The van der Waals surface area contributed by atoms with Gasteiger partial charge in [0.05, 0.1) is 12.2 Å². The Labute approximate surface area is 137 Å². The van der Waals surface area contributed by atoms with Crippen LogP contribution in [0, 0.1) is 5.82 Å². The Balaban J connectivity index is 1.59. The molecule has 0 bridgehead atoms. The summed E-state index contributed by atoms with van der Waals surface area (Å²) in [4.78, 5) is 26.4. The molecule has 0 aromatic heterocycles. The number of benzene rings is 2. The quantitative estimate of drug-likeness (QED) is 0.814. The van der Waals surface area contributed by atoms with E-state index >= 15 is 0 Å². The fraction of sp³-hybridized carbons (Fsp3) is 0.176. The Morgan fingerprint density at radius 2 is 1.67 bits per heavy atom. The van der Waals surface area contributed by atoms with E-state index in [0.29, 0.717) is 5.69 Å². The van der Waals surface area contributed by atoms with Crippen LogP contribution >= 0.6 is 0 Å². The smallest absolute Gasteiger partial charge is 0.263 e. The zero-order chi connectivity index (χ0) is 16.7. The highest BCUT2D eigenvalue weighted by Gasteiger charge is 2.54. The maximum Gasteiger partial charge on any atom is 0.263 e. The normalized spacial score (nSPS) is 22.4. The van der Waals surface area contributed by atoms with Gasteiger partial charge in [-0.1, -0.05) is 35.6 Å². The number of imide groups is 1. The summed E-state index contributed by atoms with van der Waals surface area (Å²) in [6.45, 7) is 0.284. The Hall–Kier alpha value is -3.09. The van der Waals surface area contributed by atoms with E-state index < -0.39 is 12.1 Å². The lowest BCUT2D eigenvalue weighted by Crippen LogP contribution is -2.39. The first-order valence-corrected chi connectivity index (χ1v) is 7.50. The number of hydrogen-bond acceptors (Lipinski definition) is 5. The maximum atomic E-state index is 13.0. The Kier molecular flexibility index (Phi) is 3.34. The SMILES string of the molecule is O=C1C2N=NN(Cc3ccc(F)cc3)C2C(=O)N1c1ccccc1. The van der Waals surface area contributed by atoms with Crippen molar-refractivity contribution in [1.82, 2.24) is 5.01 Å². The molecule has 2 atom stereocenters. The van der Waals surface area contributed by atoms with Gasteiger partial charge in [-0.15, -0.1) is 0 Å². The van der Waals surface area contributed by atoms with Crippen LogP contribution in [0.25, 0.3) is 0 Å². The molecule has 0 saturated carbocycles. The van der Waals surface area contributed by atoms with Crippen molar-refractivity contribution in [1.29, 1.82) is 0 Å². The summed E-state index contributed by atoms with van der Waals surface area (Å²) < 4.78 is 13.0. The van der Waals surface area contributed by atoms with E-state index in [4.69, 9.17) is 0 Å². The first kappa shape index (κ1) is 14.5. The first-order valence-electron chi connectivity index (χ1n) is 7.50. The fourth-order valence-corrected chi connectivity index (χ4v) is 2.96. The zero-order valence-electron chi connectivity index (χ0n) is 12.5. The van der Waals surface area contributed by atoms with Crippen LogP contribution in [-0.2, 0) is 16.1 Å². The van der Waals surface area contributed by atoms with Gasteiger partial charge in [0.25, 0.3) is 11.8 Å². The van der Waals surface area contributed by atoms with Gasteiger partial charge < -0.3 is 0 Å². The summed E-state index contributed by atoms with van der Waals surface area (Å²) in [7, 11) is 0. The van der Waals surface area contributed by atoms with E-state index in [0.717, 1.165) is 10.5 Å². The van der Waals surface area contributed by atoms with Crippen molar-refractivity contribution < 1.29 is 14.0 Å². The number of carbonyl (C=O) groups is 2. The van der Waals surface area contributed by atoms with Gasteiger partial charge in [-0.2, -0.15) is 5.11 Å². The first-order chi connectivity index (χ1) is 11.6. The van der Waals surface area contributed by atoms with E-state index in [1.807, 2.05) is 6.07 Å². The standard InChI is InChI=1S/C17H13FN4O2/c18-12-8-6-11(7-9-12)10-21-15-14(19-20-21)16(23)22(17(15)24)13-4-2-1-3-5-13/h1-9,14-15H,10H2. The van der Waals surface area contributed by atoms with Crippen LogP contribution in [0.5, 0.6) is 0 Å². The summed E-state index contributed by atoms with van der Waals surface area (Å²) in [6, 6.07) is 13.1. The summed E-state index contributed by atoms with van der Waals surface area (Å²) in [5, 5.41) is 9.42. The average Bonchev–Trinajstić information content (AvgIpc) is 3.11. The number of anilines is 1. The second-order valence-electron chi connectivity index (χ2n) is 5.67. The summed E-state index contributed by atoms with van der Waals surface area (Å²) >= 11 is 0. The summed E-state index contributed by atoms with van der Waals surface area (Å²) in [6.07, 6.45) is 0. The Morgan fingerprint density at radius 1 is 0.958 bits per heavy atom. The van der Waals surface area contributed by atoms with E-state index in [1.165, 1.54) is 17.1 Å². The molecule has 7 heteroatoms. The molecule has 1 saturated heterocycles.